The minimum absolute atomic E-state index is 0.300. The van der Waals surface area contributed by atoms with E-state index in [-0.39, 0.29) is 0 Å². The largest absolute Gasteiger partial charge is 0.103 e. The van der Waals surface area contributed by atoms with E-state index in [9.17, 15) is 0 Å². The van der Waals surface area contributed by atoms with E-state index >= 15 is 0 Å². The second-order valence-corrected chi connectivity index (χ2v) is 7.25. The molecule has 2 rings (SSSR count). The first-order valence-corrected chi connectivity index (χ1v) is 8.92. The Balaban J connectivity index is 2.06. The van der Waals surface area contributed by atoms with Crippen molar-refractivity contribution in [2.24, 2.45) is 5.41 Å². The summed E-state index contributed by atoms with van der Waals surface area (Å²) in [6, 6.07) is 17.8. The van der Waals surface area contributed by atoms with E-state index in [0.717, 1.165) is 19.3 Å². The molecule has 1 unspecified atom stereocenters. The van der Waals surface area contributed by atoms with Crippen LogP contribution in [0.3, 0.4) is 0 Å². The van der Waals surface area contributed by atoms with E-state index in [2.05, 4.69) is 75.5 Å². The zero-order chi connectivity index (χ0) is 17.4. The van der Waals surface area contributed by atoms with Gasteiger partial charge in [0.05, 0.1) is 0 Å². The quantitative estimate of drug-likeness (QED) is 0.447. The van der Waals surface area contributed by atoms with Gasteiger partial charge in [-0.25, -0.2) is 0 Å². The second kappa shape index (κ2) is 8.68. The lowest BCUT2D eigenvalue weighted by Gasteiger charge is -2.30. The summed E-state index contributed by atoms with van der Waals surface area (Å²) in [6.45, 7) is 12.3. The van der Waals surface area contributed by atoms with Gasteiger partial charge in [0.25, 0.3) is 0 Å². The first kappa shape index (κ1) is 18.3. The summed E-state index contributed by atoms with van der Waals surface area (Å²) in [5, 5.41) is 0. The molecule has 0 bridgehead atoms. The van der Waals surface area contributed by atoms with E-state index in [1.54, 1.807) is 0 Å². The zero-order valence-corrected chi connectivity index (χ0v) is 15.2. The van der Waals surface area contributed by atoms with Gasteiger partial charge in [0.15, 0.2) is 0 Å². The van der Waals surface area contributed by atoms with E-state index < -0.39 is 0 Å². The highest BCUT2D eigenvalue weighted by Gasteiger charge is 2.23. The van der Waals surface area contributed by atoms with Crippen LogP contribution < -0.4 is 0 Å². The number of allylic oxidation sites excluding steroid dienone is 1. The standard InChI is InChI=1S/C24H30/c1-5-7-17-24(4,18-16-22-10-8-20(3)9-11-22)19-23-14-12-21(6-2)13-15-23/h5-6,8-15H,1-2,7,16-19H2,3-4H3. The maximum atomic E-state index is 3.91. The molecule has 0 aliphatic carbocycles. The molecule has 2 aromatic rings. The van der Waals surface area contributed by atoms with E-state index in [0.29, 0.717) is 5.41 Å². The Morgan fingerprint density at radius 3 is 2.08 bits per heavy atom. The van der Waals surface area contributed by atoms with Gasteiger partial charge in [0, 0.05) is 0 Å². The Morgan fingerprint density at radius 2 is 1.50 bits per heavy atom. The summed E-state index contributed by atoms with van der Waals surface area (Å²) >= 11 is 0. The summed E-state index contributed by atoms with van der Waals surface area (Å²) in [5.74, 6) is 0. The predicted molar refractivity (Wildman–Crippen MR) is 107 cm³/mol. The average molecular weight is 319 g/mol. The molecule has 1 atom stereocenters. The van der Waals surface area contributed by atoms with Crippen LogP contribution in [0.2, 0.25) is 0 Å². The Morgan fingerprint density at radius 1 is 0.875 bits per heavy atom. The Kier molecular flexibility index (Phi) is 6.61. The molecule has 0 saturated heterocycles. The van der Waals surface area contributed by atoms with Gasteiger partial charge in [-0.3, -0.25) is 0 Å². The molecule has 0 radical (unpaired) electrons. The van der Waals surface area contributed by atoms with E-state index in [1.165, 1.54) is 35.1 Å². The second-order valence-electron chi connectivity index (χ2n) is 7.25. The molecule has 0 aliphatic heterocycles. The molecule has 0 heterocycles. The molecule has 0 aromatic heterocycles. The van der Waals surface area contributed by atoms with Crippen molar-refractivity contribution in [1.82, 2.24) is 0 Å². The zero-order valence-electron chi connectivity index (χ0n) is 15.2. The van der Waals surface area contributed by atoms with Crippen LogP contribution in [0.1, 0.15) is 48.4 Å². The van der Waals surface area contributed by atoms with Gasteiger partial charge in [-0.05, 0) is 61.1 Å². The van der Waals surface area contributed by atoms with Crippen LogP contribution in [0.5, 0.6) is 0 Å². The van der Waals surface area contributed by atoms with Crippen LogP contribution >= 0.6 is 0 Å². The third-order valence-corrected chi connectivity index (χ3v) is 4.94. The fraction of sp³-hybridized carbons (Fsp3) is 0.333. The average Bonchev–Trinajstić information content (AvgIpc) is 2.60. The molecule has 0 nitrogen and oxygen atoms in total. The predicted octanol–water partition coefficient (Wildman–Crippen LogP) is 6.79. The van der Waals surface area contributed by atoms with E-state index in [4.69, 9.17) is 0 Å². The Labute approximate surface area is 147 Å². The highest BCUT2D eigenvalue weighted by Crippen LogP contribution is 2.34. The van der Waals surface area contributed by atoms with Crippen molar-refractivity contribution in [3.63, 3.8) is 0 Å². The van der Waals surface area contributed by atoms with Crippen molar-refractivity contribution in [3.05, 3.63) is 90.0 Å². The molecule has 0 N–H and O–H groups in total. The highest BCUT2D eigenvalue weighted by molar-refractivity contribution is 5.47. The van der Waals surface area contributed by atoms with Crippen molar-refractivity contribution in [2.75, 3.05) is 0 Å². The smallest absolute Gasteiger partial charge is 0.0224 e. The van der Waals surface area contributed by atoms with Gasteiger partial charge in [-0.15, -0.1) is 6.58 Å². The van der Waals surface area contributed by atoms with Crippen molar-refractivity contribution < 1.29 is 0 Å². The lowest BCUT2D eigenvalue weighted by molar-refractivity contribution is 0.272. The summed E-state index contributed by atoms with van der Waals surface area (Å²) in [6.07, 6.45) is 9.67. The first-order valence-electron chi connectivity index (χ1n) is 8.92. The molecular formula is C24H30. The maximum Gasteiger partial charge on any atom is -0.0224 e. The molecule has 0 spiro atoms. The van der Waals surface area contributed by atoms with Gasteiger partial charge in [-0.1, -0.05) is 79.7 Å². The van der Waals surface area contributed by atoms with Crippen LogP contribution in [0, 0.1) is 12.3 Å². The lowest BCUT2D eigenvalue weighted by Crippen LogP contribution is -2.20. The van der Waals surface area contributed by atoms with Gasteiger partial charge in [0.1, 0.15) is 0 Å². The van der Waals surface area contributed by atoms with E-state index in [1.807, 2.05) is 12.2 Å². The molecule has 0 aliphatic rings. The maximum absolute atomic E-state index is 3.91. The number of aryl methyl sites for hydroxylation is 2. The van der Waals surface area contributed by atoms with Crippen molar-refractivity contribution in [2.45, 2.75) is 46.0 Å². The minimum atomic E-state index is 0.300. The Bertz CT molecular complexity index is 645. The summed E-state index contributed by atoms with van der Waals surface area (Å²) in [4.78, 5) is 0. The molecular weight excluding hydrogens is 288 g/mol. The topological polar surface area (TPSA) is 0 Å². The van der Waals surface area contributed by atoms with Crippen molar-refractivity contribution in [1.29, 1.82) is 0 Å². The highest BCUT2D eigenvalue weighted by atomic mass is 14.3. The summed E-state index contributed by atoms with van der Waals surface area (Å²) in [5.41, 5.74) is 5.67. The number of hydrogen-bond acceptors (Lipinski definition) is 0. The normalized spacial score (nSPS) is 13.2. The molecule has 0 fully saturated rings. The molecule has 2 aromatic carbocycles. The fourth-order valence-electron chi connectivity index (χ4n) is 3.22. The third-order valence-electron chi connectivity index (χ3n) is 4.94. The molecule has 0 heteroatoms. The van der Waals surface area contributed by atoms with Crippen molar-refractivity contribution >= 4 is 6.08 Å². The molecule has 0 amide bonds. The SMILES string of the molecule is C=CCCC(C)(CCc1ccc(C)cc1)Cc1ccc(C=C)cc1. The monoisotopic (exact) mass is 318 g/mol. The summed E-state index contributed by atoms with van der Waals surface area (Å²) < 4.78 is 0. The van der Waals surface area contributed by atoms with Crippen LogP contribution in [-0.2, 0) is 12.8 Å². The van der Waals surface area contributed by atoms with Gasteiger partial charge < -0.3 is 0 Å². The first-order chi connectivity index (χ1) is 11.5. The molecule has 126 valence electrons. The van der Waals surface area contributed by atoms with Crippen molar-refractivity contribution in [3.8, 4) is 0 Å². The van der Waals surface area contributed by atoms with Gasteiger partial charge >= 0.3 is 0 Å². The fourth-order valence-corrected chi connectivity index (χ4v) is 3.22. The number of rotatable bonds is 9. The molecule has 24 heavy (non-hydrogen) atoms. The van der Waals surface area contributed by atoms with Gasteiger partial charge in [-0.2, -0.15) is 0 Å². The van der Waals surface area contributed by atoms with Crippen LogP contribution in [0.25, 0.3) is 6.08 Å². The van der Waals surface area contributed by atoms with Gasteiger partial charge in [0.2, 0.25) is 0 Å². The summed E-state index contributed by atoms with van der Waals surface area (Å²) in [7, 11) is 0. The number of hydrogen-bond donors (Lipinski definition) is 0. The Hall–Kier alpha value is -2.08. The van der Waals surface area contributed by atoms with Crippen LogP contribution in [0.4, 0.5) is 0 Å². The lowest BCUT2D eigenvalue weighted by atomic mass is 9.75. The minimum Gasteiger partial charge on any atom is -0.103 e. The number of benzene rings is 2. The third kappa shape index (κ3) is 5.53. The van der Waals surface area contributed by atoms with Crippen LogP contribution in [0.15, 0.2) is 67.8 Å². The van der Waals surface area contributed by atoms with Crippen LogP contribution in [-0.4, -0.2) is 0 Å². The molecule has 0 saturated carbocycles.